The number of aryl methyl sites for hydroxylation is 1. The third-order valence-electron chi connectivity index (χ3n) is 4.48. The first-order valence-corrected chi connectivity index (χ1v) is 7.78. The van der Waals surface area contributed by atoms with Crippen LogP contribution in [0.5, 0.6) is 11.5 Å². The lowest BCUT2D eigenvalue weighted by Gasteiger charge is -2.35. The smallest absolute Gasteiger partial charge is 0.231 e. The molecule has 2 N–H and O–H groups in total. The second-order valence-electron chi connectivity index (χ2n) is 6.12. The lowest BCUT2D eigenvalue weighted by Crippen LogP contribution is -2.44. The van der Waals surface area contributed by atoms with Crippen LogP contribution in [0.1, 0.15) is 0 Å². The first-order chi connectivity index (χ1) is 11.1. The van der Waals surface area contributed by atoms with Crippen molar-refractivity contribution < 1.29 is 9.47 Å². The van der Waals surface area contributed by atoms with Crippen LogP contribution in [0.2, 0.25) is 0 Å². The molecule has 1 fully saturated rings. The van der Waals surface area contributed by atoms with Gasteiger partial charge in [0.05, 0.1) is 17.6 Å². The van der Waals surface area contributed by atoms with E-state index in [4.69, 9.17) is 15.2 Å². The van der Waals surface area contributed by atoms with Crippen LogP contribution in [0.15, 0.2) is 18.5 Å². The van der Waals surface area contributed by atoms with Gasteiger partial charge >= 0.3 is 0 Å². The highest BCUT2D eigenvalue weighted by Gasteiger charge is 2.29. The molecule has 7 heteroatoms. The molecule has 2 aromatic rings. The number of aromatic nitrogens is 2. The Kier molecular flexibility index (Phi) is 3.30. The van der Waals surface area contributed by atoms with Gasteiger partial charge in [0.1, 0.15) is 0 Å². The van der Waals surface area contributed by atoms with Crippen molar-refractivity contribution in [2.45, 2.75) is 0 Å². The van der Waals surface area contributed by atoms with Gasteiger partial charge in [-0.15, -0.1) is 0 Å². The molecule has 3 heterocycles. The standard InChI is InChI=1S/C16H21N5O2/c1-19-3-5-21(6-4-19)14-12(11-8-18-20(2)9-11)7-13(17)15-16(14)23-10-22-15/h7-9H,3-6,10,17H2,1-2H3. The Bertz CT molecular complexity index is 734. The van der Waals surface area contributed by atoms with Gasteiger partial charge in [0.2, 0.25) is 6.79 Å². The molecule has 4 rings (SSSR count). The SMILES string of the molecule is CN1CCN(c2c(-c3cnn(C)c3)cc(N)c3c2OCO3)CC1. The quantitative estimate of drug-likeness (QED) is 0.839. The molecular weight excluding hydrogens is 294 g/mol. The zero-order valence-corrected chi connectivity index (χ0v) is 13.5. The molecule has 0 amide bonds. The van der Waals surface area contributed by atoms with Crippen LogP contribution in [0, 0.1) is 0 Å². The number of hydrogen-bond acceptors (Lipinski definition) is 6. The maximum atomic E-state index is 6.18. The van der Waals surface area contributed by atoms with E-state index >= 15 is 0 Å². The van der Waals surface area contributed by atoms with Gasteiger partial charge in [0, 0.05) is 50.6 Å². The van der Waals surface area contributed by atoms with E-state index in [1.165, 1.54) is 0 Å². The lowest BCUT2D eigenvalue weighted by atomic mass is 10.0. The van der Waals surface area contributed by atoms with Crippen LogP contribution in [0.25, 0.3) is 11.1 Å². The van der Waals surface area contributed by atoms with E-state index in [0.717, 1.165) is 48.7 Å². The summed E-state index contributed by atoms with van der Waals surface area (Å²) in [5.41, 5.74) is 9.93. The molecule has 0 bridgehead atoms. The number of hydrogen-bond donors (Lipinski definition) is 1. The zero-order chi connectivity index (χ0) is 16.0. The fourth-order valence-electron chi connectivity index (χ4n) is 3.20. The van der Waals surface area contributed by atoms with Crippen molar-refractivity contribution in [1.82, 2.24) is 14.7 Å². The minimum Gasteiger partial charge on any atom is -0.451 e. The molecule has 1 aromatic heterocycles. The minimum absolute atomic E-state index is 0.219. The molecule has 0 atom stereocenters. The molecule has 23 heavy (non-hydrogen) atoms. The van der Waals surface area contributed by atoms with Gasteiger partial charge in [-0.25, -0.2) is 0 Å². The summed E-state index contributed by atoms with van der Waals surface area (Å²) in [4.78, 5) is 4.68. The van der Waals surface area contributed by atoms with E-state index in [1.54, 1.807) is 4.68 Å². The number of piperazine rings is 1. The monoisotopic (exact) mass is 315 g/mol. The normalized spacial score (nSPS) is 17.7. The zero-order valence-electron chi connectivity index (χ0n) is 13.5. The number of rotatable bonds is 2. The van der Waals surface area contributed by atoms with Gasteiger partial charge < -0.3 is 25.0 Å². The first kappa shape index (κ1) is 14.2. The van der Waals surface area contributed by atoms with Crippen LogP contribution < -0.4 is 20.1 Å². The van der Waals surface area contributed by atoms with Gasteiger partial charge in [-0.2, -0.15) is 5.10 Å². The second-order valence-corrected chi connectivity index (χ2v) is 6.12. The van der Waals surface area contributed by atoms with E-state index in [-0.39, 0.29) is 6.79 Å². The molecule has 0 radical (unpaired) electrons. The average Bonchev–Trinajstić information content (AvgIpc) is 3.17. The maximum Gasteiger partial charge on any atom is 0.231 e. The number of nitrogens with zero attached hydrogens (tertiary/aromatic N) is 4. The van der Waals surface area contributed by atoms with E-state index in [9.17, 15) is 0 Å². The van der Waals surface area contributed by atoms with Crippen molar-refractivity contribution in [2.75, 3.05) is 50.7 Å². The van der Waals surface area contributed by atoms with Crippen LogP contribution >= 0.6 is 0 Å². The predicted molar refractivity (Wildman–Crippen MR) is 88.9 cm³/mol. The number of likely N-dealkylation sites (N-methyl/N-ethyl adjacent to an activating group) is 1. The lowest BCUT2D eigenvalue weighted by molar-refractivity contribution is 0.174. The Morgan fingerprint density at radius 3 is 2.52 bits per heavy atom. The van der Waals surface area contributed by atoms with Crippen molar-refractivity contribution in [2.24, 2.45) is 7.05 Å². The van der Waals surface area contributed by atoms with Crippen molar-refractivity contribution in [3.8, 4) is 22.6 Å². The van der Waals surface area contributed by atoms with E-state index in [0.29, 0.717) is 11.4 Å². The number of anilines is 2. The molecule has 0 aliphatic carbocycles. The molecule has 7 nitrogen and oxygen atoms in total. The molecule has 0 unspecified atom stereocenters. The molecule has 0 spiro atoms. The number of benzene rings is 1. The Hall–Kier alpha value is -2.41. The average molecular weight is 315 g/mol. The van der Waals surface area contributed by atoms with E-state index < -0.39 is 0 Å². The number of ether oxygens (including phenoxy) is 2. The van der Waals surface area contributed by atoms with Crippen molar-refractivity contribution in [1.29, 1.82) is 0 Å². The van der Waals surface area contributed by atoms with Crippen LogP contribution in [0.4, 0.5) is 11.4 Å². The third-order valence-corrected chi connectivity index (χ3v) is 4.48. The highest BCUT2D eigenvalue weighted by molar-refractivity contribution is 5.90. The summed E-state index contributed by atoms with van der Waals surface area (Å²) in [6.07, 6.45) is 3.85. The van der Waals surface area contributed by atoms with Gasteiger partial charge in [0.25, 0.3) is 0 Å². The Labute approximate surface area is 135 Å². The van der Waals surface area contributed by atoms with E-state index in [2.05, 4.69) is 21.9 Å². The van der Waals surface area contributed by atoms with Crippen molar-refractivity contribution >= 4 is 11.4 Å². The van der Waals surface area contributed by atoms with Gasteiger partial charge in [-0.1, -0.05) is 0 Å². The summed E-state index contributed by atoms with van der Waals surface area (Å²) in [5, 5.41) is 4.29. The third kappa shape index (κ3) is 2.37. The summed E-state index contributed by atoms with van der Waals surface area (Å²) in [7, 11) is 4.06. The van der Waals surface area contributed by atoms with Crippen LogP contribution in [-0.4, -0.2) is 54.7 Å². The summed E-state index contributed by atoms with van der Waals surface area (Å²) in [6, 6.07) is 1.97. The van der Waals surface area contributed by atoms with Crippen LogP contribution in [-0.2, 0) is 7.05 Å². The first-order valence-electron chi connectivity index (χ1n) is 7.78. The Balaban J connectivity index is 1.86. The summed E-state index contributed by atoms with van der Waals surface area (Å²) in [6.45, 7) is 4.16. The maximum absolute atomic E-state index is 6.18. The summed E-state index contributed by atoms with van der Waals surface area (Å²) < 4.78 is 13.1. The molecule has 2 aliphatic heterocycles. The summed E-state index contributed by atoms with van der Waals surface area (Å²) in [5.74, 6) is 1.42. The largest absolute Gasteiger partial charge is 0.451 e. The molecule has 1 saturated heterocycles. The van der Waals surface area contributed by atoms with Gasteiger partial charge in [0.15, 0.2) is 11.5 Å². The van der Waals surface area contributed by atoms with Crippen LogP contribution in [0.3, 0.4) is 0 Å². The van der Waals surface area contributed by atoms with Crippen molar-refractivity contribution in [3.05, 3.63) is 18.5 Å². The number of fused-ring (bicyclic) bond motifs is 1. The Morgan fingerprint density at radius 2 is 1.83 bits per heavy atom. The van der Waals surface area contributed by atoms with E-state index in [1.807, 2.05) is 25.5 Å². The molecule has 2 aliphatic rings. The molecule has 1 aromatic carbocycles. The Morgan fingerprint density at radius 1 is 1.09 bits per heavy atom. The predicted octanol–water partition coefficient (Wildman–Crippen LogP) is 1.15. The molecule has 122 valence electrons. The summed E-state index contributed by atoms with van der Waals surface area (Å²) >= 11 is 0. The highest BCUT2D eigenvalue weighted by Crippen LogP contribution is 2.50. The number of nitrogens with two attached hydrogens (primary N) is 1. The highest BCUT2D eigenvalue weighted by atomic mass is 16.7. The fraction of sp³-hybridized carbons (Fsp3) is 0.438. The van der Waals surface area contributed by atoms with Gasteiger partial charge in [-0.3, -0.25) is 4.68 Å². The number of nitrogen functional groups attached to an aromatic ring is 1. The van der Waals surface area contributed by atoms with Gasteiger partial charge in [-0.05, 0) is 13.1 Å². The minimum atomic E-state index is 0.219. The molecule has 0 saturated carbocycles. The second kappa shape index (κ2) is 5.34. The molecular formula is C16H21N5O2. The van der Waals surface area contributed by atoms with Crippen molar-refractivity contribution in [3.63, 3.8) is 0 Å². The fourth-order valence-corrected chi connectivity index (χ4v) is 3.20. The topological polar surface area (TPSA) is 68.8 Å².